The van der Waals surface area contributed by atoms with E-state index in [2.05, 4.69) is 4.98 Å². The van der Waals surface area contributed by atoms with Gasteiger partial charge in [0.15, 0.2) is 0 Å². The number of pyridine rings is 1. The van der Waals surface area contributed by atoms with Gasteiger partial charge in [0.05, 0.1) is 16.6 Å². The van der Waals surface area contributed by atoms with Crippen molar-refractivity contribution in [2.24, 2.45) is 0 Å². The van der Waals surface area contributed by atoms with E-state index in [1.807, 2.05) is 17.6 Å². The Hall–Kier alpha value is -1.13. The number of thiazole rings is 1. The maximum atomic E-state index is 11.5. The van der Waals surface area contributed by atoms with E-state index >= 15 is 0 Å². The van der Waals surface area contributed by atoms with Crippen molar-refractivity contribution in [1.82, 2.24) is 9.55 Å². The van der Waals surface area contributed by atoms with Crippen LogP contribution in [0.5, 0.6) is 0 Å². The Morgan fingerprint density at radius 3 is 2.94 bits per heavy atom. The molecule has 0 aromatic carbocycles. The first-order valence-corrected chi connectivity index (χ1v) is 7.36. The quantitative estimate of drug-likeness (QED) is 0.603. The molecule has 0 unspecified atom stereocenters. The Bertz CT molecular complexity index is 550. The van der Waals surface area contributed by atoms with Crippen LogP contribution >= 0.6 is 22.9 Å². The van der Waals surface area contributed by atoms with E-state index in [1.165, 1.54) is 0 Å². The average molecular weight is 283 g/mol. The van der Waals surface area contributed by atoms with Gasteiger partial charge >= 0.3 is 0 Å². The van der Waals surface area contributed by atoms with Crippen LogP contribution in [0, 0.1) is 0 Å². The molecule has 0 fully saturated rings. The Kier molecular flexibility index (Phi) is 4.96. The van der Waals surface area contributed by atoms with Gasteiger partial charge in [-0.05, 0) is 25.3 Å². The summed E-state index contributed by atoms with van der Waals surface area (Å²) in [5.74, 6) is 0.482. The standard InChI is InChI=1S/C13H15ClN2OS/c14-9-11-10-18-12(15-11)5-1-3-7-16-8-4-2-6-13(16)17/h2,4,6,8,10H,1,3,5,7,9H2. The molecule has 0 N–H and O–H groups in total. The van der Waals surface area contributed by atoms with Crippen LogP contribution in [0.3, 0.4) is 0 Å². The van der Waals surface area contributed by atoms with Crippen LogP contribution in [0.15, 0.2) is 34.6 Å². The number of aryl methyl sites for hydroxylation is 2. The van der Waals surface area contributed by atoms with Gasteiger partial charge < -0.3 is 4.57 Å². The molecule has 96 valence electrons. The summed E-state index contributed by atoms with van der Waals surface area (Å²) in [6.07, 6.45) is 4.82. The third-order valence-corrected chi connectivity index (χ3v) is 3.91. The van der Waals surface area contributed by atoms with Crippen LogP contribution in [0.25, 0.3) is 0 Å². The van der Waals surface area contributed by atoms with Crippen molar-refractivity contribution in [1.29, 1.82) is 0 Å². The van der Waals surface area contributed by atoms with Gasteiger partial charge in [-0.15, -0.1) is 22.9 Å². The Balaban J connectivity index is 1.76. The van der Waals surface area contributed by atoms with Crippen molar-refractivity contribution in [2.75, 3.05) is 0 Å². The Morgan fingerprint density at radius 1 is 1.33 bits per heavy atom. The van der Waals surface area contributed by atoms with Crippen molar-refractivity contribution >= 4 is 22.9 Å². The number of hydrogen-bond acceptors (Lipinski definition) is 3. The molecule has 0 bridgehead atoms. The summed E-state index contributed by atoms with van der Waals surface area (Å²) in [5, 5.41) is 3.13. The second-order valence-electron chi connectivity index (χ2n) is 4.06. The molecule has 0 radical (unpaired) electrons. The molecule has 0 aliphatic heterocycles. The van der Waals surface area contributed by atoms with Crippen LogP contribution in [-0.4, -0.2) is 9.55 Å². The molecule has 18 heavy (non-hydrogen) atoms. The van der Waals surface area contributed by atoms with Gasteiger partial charge in [0.25, 0.3) is 0 Å². The maximum absolute atomic E-state index is 11.5. The van der Waals surface area contributed by atoms with Gasteiger partial charge in [-0.2, -0.15) is 0 Å². The molecular formula is C13H15ClN2OS. The number of aromatic nitrogens is 2. The zero-order chi connectivity index (χ0) is 12.8. The van der Waals surface area contributed by atoms with Crippen LogP contribution in [-0.2, 0) is 18.8 Å². The topological polar surface area (TPSA) is 34.9 Å². The van der Waals surface area contributed by atoms with Crippen LogP contribution in [0.2, 0.25) is 0 Å². The first-order chi connectivity index (χ1) is 8.79. The molecule has 2 heterocycles. The Labute approximate surface area is 115 Å². The molecule has 5 heteroatoms. The lowest BCUT2D eigenvalue weighted by Gasteiger charge is -2.03. The SMILES string of the molecule is O=c1ccccn1CCCCc1nc(CCl)cs1. The fraction of sp³-hybridized carbons (Fsp3) is 0.385. The second kappa shape index (κ2) is 6.71. The van der Waals surface area contributed by atoms with Crippen molar-refractivity contribution < 1.29 is 0 Å². The summed E-state index contributed by atoms with van der Waals surface area (Å²) < 4.78 is 1.74. The summed E-state index contributed by atoms with van der Waals surface area (Å²) >= 11 is 7.36. The van der Waals surface area contributed by atoms with E-state index in [-0.39, 0.29) is 5.56 Å². The van der Waals surface area contributed by atoms with Gasteiger partial charge in [0.1, 0.15) is 0 Å². The normalized spacial score (nSPS) is 10.7. The fourth-order valence-electron chi connectivity index (χ4n) is 1.73. The van der Waals surface area contributed by atoms with Gasteiger partial charge in [0.2, 0.25) is 5.56 Å². The highest BCUT2D eigenvalue weighted by Gasteiger charge is 2.01. The lowest BCUT2D eigenvalue weighted by Crippen LogP contribution is -2.17. The minimum atomic E-state index is 0.0659. The van der Waals surface area contributed by atoms with Crippen molar-refractivity contribution in [3.8, 4) is 0 Å². The number of halogens is 1. The molecule has 0 atom stereocenters. The molecule has 2 aromatic rings. The van der Waals surface area contributed by atoms with E-state index in [0.29, 0.717) is 5.88 Å². The fourth-order valence-corrected chi connectivity index (χ4v) is 2.80. The minimum Gasteiger partial charge on any atom is -0.316 e. The van der Waals surface area contributed by atoms with E-state index in [1.54, 1.807) is 28.0 Å². The third-order valence-electron chi connectivity index (χ3n) is 2.67. The zero-order valence-corrected chi connectivity index (χ0v) is 11.6. The number of rotatable bonds is 6. The van der Waals surface area contributed by atoms with Crippen LogP contribution in [0.4, 0.5) is 0 Å². The van der Waals surface area contributed by atoms with Crippen molar-refractivity contribution in [3.05, 3.63) is 50.8 Å². The van der Waals surface area contributed by atoms with Gasteiger partial charge in [-0.3, -0.25) is 4.79 Å². The molecule has 3 nitrogen and oxygen atoms in total. The lowest BCUT2D eigenvalue weighted by molar-refractivity contribution is 0.593. The predicted molar refractivity (Wildman–Crippen MR) is 75.3 cm³/mol. The monoisotopic (exact) mass is 282 g/mol. The van der Waals surface area contributed by atoms with Crippen LogP contribution < -0.4 is 5.56 Å². The average Bonchev–Trinajstić information content (AvgIpc) is 2.84. The summed E-state index contributed by atoms with van der Waals surface area (Å²) in [5.41, 5.74) is 1.02. The van der Waals surface area contributed by atoms with Crippen LogP contribution in [0.1, 0.15) is 23.5 Å². The number of nitrogens with zero attached hydrogens (tertiary/aromatic N) is 2. The molecule has 0 amide bonds. The first kappa shape index (κ1) is 13.3. The molecule has 0 aliphatic rings. The number of unbranched alkanes of at least 4 members (excludes halogenated alkanes) is 1. The molecular weight excluding hydrogens is 268 g/mol. The number of alkyl halides is 1. The Morgan fingerprint density at radius 2 is 2.22 bits per heavy atom. The van der Waals surface area contributed by atoms with E-state index in [9.17, 15) is 4.79 Å². The van der Waals surface area contributed by atoms with E-state index in [0.717, 1.165) is 36.5 Å². The zero-order valence-electron chi connectivity index (χ0n) is 10.0. The van der Waals surface area contributed by atoms with E-state index in [4.69, 9.17) is 11.6 Å². The summed E-state index contributed by atoms with van der Waals surface area (Å²) in [4.78, 5) is 15.9. The summed E-state index contributed by atoms with van der Waals surface area (Å²) in [7, 11) is 0. The summed E-state index contributed by atoms with van der Waals surface area (Å²) in [6, 6.07) is 5.24. The second-order valence-corrected chi connectivity index (χ2v) is 5.27. The predicted octanol–water partition coefficient (Wildman–Crippen LogP) is 3.07. The van der Waals surface area contributed by atoms with Crippen molar-refractivity contribution in [2.45, 2.75) is 31.7 Å². The molecule has 2 aromatic heterocycles. The smallest absolute Gasteiger partial charge is 0.250 e. The molecule has 0 saturated carbocycles. The maximum Gasteiger partial charge on any atom is 0.250 e. The number of hydrogen-bond donors (Lipinski definition) is 0. The first-order valence-electron chi connectivity index (χ1n) is 5.94. The molecule has 2 rings (SSSR count). The van der Waals surface area contributed by atoms with E-state index < -0.39 is 0 Å². The highest BCUT2D eigenvalue weighted by atomic mass is 35.5. The lowest BCUT2D eigenvalue weighted by atomic mass is 10.2. The summed E-state index contributed by atoms with van der Waals surface area (Å²) in [6.45, 7) is 0.771. The third kappa shape index (κ3) is 3.68. The van der Waals surface area contributed by atoms with Gasteiger partial charge in [-0.1, -0.05) is 6.07 Å². The molecule has 0 spiro atoms. The van der Waals surface area contributed by atoms with Crippen molar-refractivity contribution in [3.63, 3.8) is 0 Å². The molecule has 0 saturated heterocycles. The minimum absolute atomic E-state index is 0.0659. The highest BCUT2D eigenvalue weighted by Crippen LogP contribution is 2.14. The highest BCUT2D eigenvalue weighted by molar-refractivity contribution is 7.09. The van der Waals surface area contributed by atoms with Gasteiger partial charge in [-0.25, -0.2) is 4.98 Å². The van der Waals surface area contributed by atoms with Gasteiger partial charge in [0, 0.05) is 24.2 Å². The largest absolute Gasteiger partial charge is 0.316 e. The molecule has 0 aliphatic carbocycles.